The van der Waals surface area contributed by atoms with Crippen LogP contribution in [0.3, 0.4) is 0 Å². The molecule has 0 heterocycles. The lowest BCUT2D eigenvalue weighted by Crippen LogP contribution is -2.46. The number of nitrogens with one attached hydrogen (secondary N) is 3. The highest BCUT2D eigenvalue weighted by Gasteiger charge is 2.27. The molecular weight excluding hydrogens is 454 g/mol. The van der Waals surface area contributed by atoms with Crippen LogP contribution in [-0.2, 0) is 14.3 Å². The number of methoxy groups -OCH3 is 2. The third-order valence-corrected chi connectivity index (χ3v) is 5.05. The van der Waals surface area contributed by atoms with Gasteiger partial charge in [0, 0.05) is 17.3 Å². The molecule has 0 bridgehead atoms. The van der Waals surface area contributed by atoms with E-state index in [9.17, 15) is 19.2 Å². The highest BCUT2D eigenvalue weighted by Crippen LogP contribution is 2.22. The molecule has 0 radical (unpaired) electrons. The van der Waals surface area contributed by atoms with Crippen molar-refractivity contribution in [2.75, 3.05) is 26.1 Å². The van der Waals surface area contributed by atoms with Gasteiger partial charge < -0.3 is 24.8 Å². The number of imide groups is 1. The molecule has 2 aromatic rings. The summed E-state index contributed by atoms with van der Waals surface area (Å²) in [5, 5.41) is 7.28. The zero-order chi connectivity index (χ0) is 26.1. The summed E-state index contributed by atoms with van der Waals surface area (Å²) in [7, 11) is 2.91. The summed E-state index contributed by atoms with van der Waals surface area (Å²) in [4.78, 5) is 49.5. The number of aryl methyl sites for hydroxylation is 2. The molecule has 10 nitrogen and oxygen atoms in total. The number of hydrogen-bond acceptors (Lipinski definition) is 7. The second-order valence-electron chi connectivity index (χ2n) is 8.22. The first-order valence-electron chi connectivity index (χ1n) is 10.9. The van der Waals surface area contributed by atoms with Gasteiger partial charge in [0.1, 0.15) is 17.5 Å². The molecule has 0 aliphatic rings. The van der Waals surface area contributed by atoms with Gasteiger partial charge in [-0.1, -0.05) is 31.5 Å². The average molecular weight is 486 g/mol. The van der Waals surface area contributed by atoms with Gasteiger partial charge in [-0.25, -0.2) is 9.59 Å². The lowest BCUT2D eigenvalue weighted by Gasteiger charge is -2.21. The first kappa shape index (κ1) is 27.2. The number of anilines is 1. The van der Waals surface area contributed by atoms with Gasteiger partial charge in [0.2, 0.25) is 0 Å². The third kappa shape index (κ3) is 8.02. The molecule has 4 amide bonds. The summed E-state index contributed by atoms with van der Waals surface area (Å²) in [5.41, 5.74) is 2.65. The highest BCUT2D eigenvalue weighted by atomic mass is 16.5. The fourth-order valence-corrected chi connectivity index (χ4v) is 3.16. The van der Waals surface area contributed by atoms with Crippen LogP contribution in [0.2, 0.25) is 0 Å². The number of carbonyl (C=O) groups excluding carboxylic acids is 4. The quantitative estimate of drug-likeness (QED) is 0.465. The summed E-state index contributed by atoms with van der Waals surface area (Å²) in [5.74, 6) is -1.69. The number of rotatable bonds is 9. The predicted octanol–water partition coefficient (Wildman–Crippen LogP) is 2.97. The van der Waals surface area contributed by atoms with Gasteiger partial charge in [-0.2, -0.15) is 0 Å². The molecule has 0 unspecified atom stereocenters. The van der Waals surface area contributed by atoms with Crippen molar-refractivity contribution in [2.45, 2.75) is 33.7 Å². The highest BCUT2D eigenvalue weighted by molar-refractivity contribution is 6.02. The van der Waals surface area contributed by atoms with Crippen molar-refractivity contribution in [3.05, 3.63) is 53.1 Å². The van der Waals surface area contributed by atoms with Gasteiger partial charge in [0.15, 0.2) is 6.61 Å². The Balaban J connectivity index is 1.94. The van der Waals surface area contributed by atoms with Crippen LogP contribution in [-0.4, -0.2) is 50.7 Å². The maximum absolute atomic E-state index is 12.7. The summed E-state index contributed by atoms with van der Waals surface area (Å²) in [6.45, 7) is 6.50. The minimum Gasteiger partial charge on any atom is -0.497 e. The molecule has 1 atom stereocenters. The first-order chi connectivity index (χ1) is 16.5. The van der Waals surface area contributed by atoms with Crippen LogP contribution in [0.25, 0.3) is 0 Å². The van der Waals surface area contributed by atoms with Crippen molar-refractivity contribution in [1.82, 2.24) is 10.6 Å². The maximum atomic E-state index is 12.7. The van der Waals surface area contributed by atoms with Gasteiger partial charge in [0.05, 0.1) is 14.2 Å². The second kappa shape index (κ2) is 12.4. The summed E-state index contributed by atoms with van der Waals surface area (Å²) >= 11 is 0. The summed E-state index contributed by atoms with van der Waals surface area (Å²) < 4.78 is 15.4. The van der Waals surface area contributed by atoms with Crippen molar-refractivity contribution in [1.29, 1.82) is 0 Å². The molecule has 0 fully saturated rings. The maximum Gasteiger partial charge on any atom is 0.329 e. The zero-order valence-corrected chi connectivity index (χ0v) is 20.7. The Labute approximate surface area is 204 Å². The zero-order valence-electron chi connectivity index (χ0n) is 20.7. The normalized spacial score (nSPS) is 11.3. The minimum atomic E-state index is -1.03. The Morgan fingerprint density at radius 3 is 2.09 bits per heavy atom. The fraction of sp³-hybridized carbons (Fsp3) is 0.360. The van der Waals surface area contributed by atoms with Crippen LogP contribution in [0, 0.1) is 19.8 Å². The Morgan fingerprint density at radius 2 is 1.54 bits per heavy atom. The van der Waals surface area contributed by atoms with Crippen LogP contribution in [0.5, 0.6) is 11.5 Å². The first-order valence-corrected chi connectivity index (χ1v) is 10.9. The number of benzene rings is 2. The Morgan fingerprint density at radius 1 is 0.914 bits per heavy atom. The minimum absolute atomic E-state index is 0.223. The van der Waals surface area contributed by atoms with E-state index in [2.05, 4.69) is 16.0 Å². The molecule has 0 aliphatic carbocycles. The van der Waals surface area contributed by atoms with Crippen LogP contribution in [0.4, 0.5) is 10.5 Å². The fourth-order valence-electron chi connectivity index (χ4n) is 3.16. The molecule has 2 rings (SSSR count). The number of esters is 1. The van der Waals surface area contributed by atoms with E-state index in [1.165, 1.54) is 26.4 Å². The predicted molar refractivity (Wildman–Crippen MR) is 130 cm³/mol. The molecule has 3 N–H and O–H groups in total. The van der Waals surface area contributed by atoms with Gasteiger partial charge in [0.25, 0.3) is 11.8 Å². The lowest BCUT2D eigenvalue weighted by atomic mass is 10.0. The van der Waals surface area contributed by atoms with E-state index in [-0.39, 0.29) is 11.5 Å². The van der Waals surface area contributed by atoms with E-state index in [0.717, 1.165) is 11.1 Å². The lowest BCUT2D eigenvalue weighted by molar-refractivity contribution is -0.151. The molecule has 0 saturated carbocycles. The van der Waals surface area contributed by atoms with Gasteiger partial charge >= 0.3 is 12.0 Å². The molecule has 2 aromatic carbocycles. The monoisotopic (exact) mass is 485 g/mol. The third-order valence-electron chi connectivity index (χ3n) is 5.05. The van der Waals surface area contributed by atoms with Gasteiger partial charge in [-0.3, -0.25) is 14.9 Å². The molecule has 0 spiro atoms. The summed E-state index contributed by atoms with van der Waals surface area (Å²) in [6, 6.07) is 8.28. The topological polar surface area (TPSA) is 132 Å². The Hall–Kier alpha value is -4.08. The molecule has 0 aromatic heterocycles. The van der Waals surface area contributed by atoms with E-state index in [1.54, 1.807) is 26.0 Å². The van der Waals surface area contributed by atoms with Crippen LogP contribution < -0.4 is 25.4 Å². The van der Waals surface area contributed by atoms with Crippen LogP contribution >= 0.6 is 0 Å². The van der Waals surface area contributed by atoms with Crippen molar-refractivity contribution in [3.8, 4) is 11.5 Å². The smallest absolute Gasteiger partial charge is 0.329 e. The SMILES string of the molecule is COc1cc(OC)cc(C(=O)N[C@H](C(=O)OCC(=O)NC(=O)Nc2ccc(C)cc2C)C(C)C)c1. The van der Waals surface area contributed by atoms with Crippen LogP contribution in [0.15, 0.2) is 36.4 Å². The molecular formula is C25H31N3O7. The average Bonchev–Trinajstić information content (AvgIpc) is 2.81. The number of urea groups is 1. The van der Waals surface area contributed by atoms with Crippen LogP contribution in [0.1, 0.15) is 35.3 Å². The van der Waals surface area contributed by atoms with E-state index >= 15 is 0 Å². The Bertz CT molecular complexity index is 1080. The second-order valence-corrected chi connectivity index (χ2v) is 8.22. The summed E-state index contributed by atoms with van der Waals surface area (Å²) in [6.07, 6.45) is 0. The van der Waals surface area contributed by atoms with Gasteiger partial charge in [-0.05, 0) is 43.5 Å². The number of hydrogen-bond donors (Lipinski definition) is 3. The van der Waals surface area contributed by atoms with E-state index < -0.39 is 36.5 Å². The van der Waals surface area contributed by atoms with E-state index in [1.807, 2.05) is 26.0 Å². The van der Waals surface area contributed by atoms with Crippen molar-refractivity contribution < 1.29 is 33.4 Å². The molecule has 35 heavy (non-hydrogen) atoms. The molecule has 10 heteroatoms. The van der Waals surface area contributed by atoms with Crippen molar-refractivity contribution in [2.24, 2.45) is 5.92 Å². The van der Waals surface area contributed by atoms with E-state index in [0.29, 0.717) is 17.2 Å². The standard InChI is InChI=1S/C25H31N3O7/c1-14(2)22(28-23(30)17-10-18(33-5)12-19(11-17)34-6)24(31)35-13-21(29)27-25(32)26-20-8-7-15(3)9-16(20)4/h7-12,14,22H,13H2,1-6H3,(H,28,30)(H2,26,27,29,32)/t22-/m0/s1. The number of carbonyl (C=O) groups is 4. The molecule has 0 saturated heterocycles. The largest absolute Gasteiger partial charge is 0.497 e. The molecule has 188 valence electrons. The van der Waals surface area contributed by atoms with E-state index in [4.69, 9.17) is 14.2 Å². The molecule has 0 aliphatic heterocycles. The Kier molecular flexibility index (Phi) is 9.63. The van der Waals surface area contributed by atoms with Gasteiger partial charge in [-0.15, -0.1) is 0 Å². The number of amides is 4. The van der Waals surface area contributed by atoms with Crippen molar-refractivity contribution >= 4 is 29.5 Å². The van der Waals surface area contributed by atoms with Crippen molar-refractivity contribution in [3.63, 3.8) is 0 Å². The number of ether oxygens (including phenoxy) is 3.